The zero-order valence-electron chi connectivity index (χ0n) is 9.94. The number of carbonyl (C=O) groups excluding carboxylic acids is 1. The average molecular weight is 238 g/mol. The summed E-state index contributed by atoms with van der Waals surface area (Å²) in [5.74, 6) is -0.223. The molecule has 0 aromatic heterocycles. The highest BCUT2D eigenvalue weighted by molar-refractivity contribution is 5.94. The van der Waals surface area contributed by atoms with Crippen LogP contribution in [0.3, 0.4) is 0 Å². The molecule has 1 aromatic rings. The first-order valence-corrected chi connectivity index (χ1v) is 5.54. The minimum absolute atomic E-state index is 0.00140. The average Bonchev–Trinajstić information content (AvgIpc) is 2.32. The first-order valence-electron chi connectivity index (χ1n) is 5.54. The Bertz CT molecular complexity index is 355. The van der Waals surface area contributed by atoms with Crippen LogP contribution in [0.15, 0.2) is 24.3 Å². The number of nitrogen functional groups attached to an aromatic ring is 1. The number of rotatable bonds is 7. The fraction of sp³-hybridized carbons (Fsp3) is 0.417. The summed E-state index contributed by atoms with van der Waals surface area (Å²) in [7, 11) is 0. The molecular formula is C12H18N2O3. The van der Waals surface area contributed by atoms with Gasteiger partial charge in [-0.2, -0.15) is 0 Å². The van der Waals surface area contributed by atoms with Gasteiger partial charge >= 0.3 is 0 Å². The van der Waals surface area contributed by atoms with Gasteiger partial charge < -0.3 is 20.5 Å². The molecule has 3 N–H and O–H groups in total. The molecule has 5 nitrogen and oxygen atoms in total. The van der Waals surface area contributed by atoms with Crippen LogP contribution >= 0.6 is 0 Å². The van der Waals surface area contributed by atoms with Crippen molar-refractivity contribution in [1.82, 2.24) is 0 Å². The highest BCUT2D eigenvalue weighted by Crippen LogP contribution is 2.16. The fourth-order valence-corrected chi connectivity index (χ4v) is 1.22. The van der Waals surface area contributed by atoms with Gasteiger partial charge in [-0.1, -0.05) is 12.1 Å². The molecule has 0 radical (unpaired) electrons. The quantitative estimate of drug-likeness (QED) is 0.554. The van der Waals surface area contributed by atoms with E-state index in [2.05, 4.69) is 5.32 Å². The Balaban J connectivity index is 2.23. The van der Waals surface area contributed by atoms with Crippen molar-refractivity contribution < 1.29 is 14.3 Å². The monoisotopic (exact) mass is 238 g/mol. The maximum atomic E-state index is 11.5. The summed E-state index contributed by atoms with van der Waals surface area (Å²) in [5.41, 5.74) is 6.83. The van der Waals surface area contributed by atoms with Gasteiger partial charge in [-0.05, 0) is 19.1 Å². The van der Waals surface area contributed by atoms with Crippen molar-refractivity contribution in [2.75, 3.05) is 37.5 Å². The molecule has 5 heteroatoms. The lowest BCUT2D eigenvalue weighted by Crippen LogP contribution is -2.20. The van der Waals surface area contributed by atoms with E-state index in [1.807, 2.05) is 19.1 Å². The number of benzene rings is 1. The van der Waals surface area contributed by atoms with Crippen LogP contribution in [0, 0.1) is 0 Å². The van der Waals surface area contributed by atoms with Gasteiger partial charge in [0.25, 0.3) is 0 Å². The highest BCUT2D eigenvalue weighted by Gasteiger charge is 2.04. The largest absolute Gasteiger partial charge is 0.397 e. The molecule has 94 valence electrons. The van der Waals surface area contributed by atoms with Crippen LogP contribution < -0.4 is 11.1 Å². The Morgan fingerprint density at radius 3 is 2.71 bits per heavy atom. The van der Waals surface area contributed by atoms with Crippen LogP contribution in [-0.2, 0) is 14.3 Å². The van der Waals surface area contributed by atoms with Crippen molar-refractivity contribution in [3.63, 3.8) is 0 Å². The third-order valence-corrected chi connectivity index (χ3v) is 2.04. The molecule has 17 heavy (non-hydrogen) atoms. The second kappa shape index (κ2) is 7.65. The minimum Gasteiger partial charge on any atom is -0.397 e. The van der Waals surface area contributed by atoms with Gasteiger partial charge in [0, 0.05) is 6.61 Å². The summed E-state index contributed by atoms with van der Waals surface area (Å²) in [6.07, 6.45) is 0. The zero-order valence-corrected chi connectivity index (χ0v) is 9.94. The standard InChI is InChI=1S/C12H18N2O3/c1-2-16-7-8-17-9-12(15)14-11-6-4-3-5-10(11)13/h3-6H,2,7-9,13H2,1H3,(H,14,15). The number of para-hydroxylation sites is 2. The van der Waals surface area contributed by atoms with Crippen molar-refractivity contribution in [2.24, 2.45) is 0 Å². The summed E-state index contributed by atoms with van der Waals surface area (Å²) in [6, 6.07) is 7.09. The Morgan fingerprint density at radius 1 is 1.29 bits per heavy atom. The van der Waals surface area contributed by atoms with E-state index >= 15 is 0 Å². The first kappa shape index (κ1) is 13.5. The number of nitrogens with two attached hydrogens (primary N) is 1. The molecule has 0 unspecified atom stereocenters. The summed E-state index contributed by atoms with van der Waals surface area (Å²) < 4.78 is 10.2. The van der Waals surface area contributed by atoms with E-state index in [1.54, 1.807) is 12.1 Å². The minimum atomic E-state index is -0.223. The van der Waals surface area contributed by atoms with Crippen LogP contribution in [0.2, 0.25) is 0 Å². The molecule has 0 saturated carbocycles. The predicted octanol–water partition coefficient (Wildman–Crippen LogP) is 1.26. The van der Waals surface area contributed by atoms with E-state index < -0.39 is 0 Å². The smallest absolute Gasteiger partial charge is 0.250 e. The first-order chi connectivity index (χ1) is 8.24. The summed E-state index contributed by atoms with van der Waals surface area (Å²) >= 11 is 0. The van der Waals surface area contributed by atoms with E-state index in [0.29, 0.717) is 31.2 Å². The number of nitrogens with one attached hydrogen (secondary N) is 1. The van der Waals surface area contributed by atoms with Crippen molar-refractivity contribution in [3.8, 4) is 0 Å². The van der Waals surface area contributed by atoms with Crippen molar-refractivity contribution in [3.05, 3.63) is 24.3 Å². The molecular weight excluding hydrogens is 220 g/mol. The molecule has 0 aliphatic heterocycles. The van der Waals surface area contributed by atoms with E-state index in [0.717, 1.165) is 0 Å². The Kier molecular flexibility index (Phi) is 6.06. The number of ether oxygens (including phenoxy) is 2. The van der Waals surface area contributed by atoms with Gasteiger partial charge in [-0.3, -0.25) is 4.79 Å². The third kappa shape index (κ3) is 5.33. The van der Waals surface area contributed by atoms with Crippen LogP contribution in [0.5, 0.6) is 0 Å². The fourth-order valence-electron chi connectivity index (χ4n) is 1.22. The number of carbonyl (C=O) groups is 1. The van der Waals surface area contributed by atoms with Gasteiger partial charge in [-0.15, -0.1) is 0 Å². The number of hydrogen-bond donors (Lipinski definition) is 2. The number of amides is 1. The van der Waals surface area contributed by atoms with Gasteiger partial charge in [0.2, 0.25) is 5.91 Å². The van der Waals surface area contributed by atoms with Crippen molar-refractivity contribution >= 4 is 17.3 Å². The van der Waals surface area contributed by atoms with Gasteiger partial charge in [0.05, 0.1) is 24.6 Å². The third-order valence-electron chi connectivity index (χ3n) is 2.04. The second-order valence-electron chi connectivity index (χ2n) is 3.38. The van der Waals surface area contributed by atoms with E-state index in [9.17, 15) is 4.79 Å². The van der Waals surface area contributed by atoms with E-state index in [4.69, 9.17) is 15.2 Å². The second-order valence-corrected chi connectivity index (χ2v) is 3.38. The van der Waals surface area contributed by atoms with Gasteiger partial charge in [0.1, 0.15) is 6.61 Å². The molecule has 0 spiro atoms. The van der Waals surface area contributed by atoms with Crippen LogP contribution in [0.25, 0.3) is 0 Å². The predicted molar refractivity (Wildman–Crippen MR) is 66.8 cm³/mol. The maximum Gasteiger partial charge on any atom is 0.250 e. The summed E-state index contributed by atoms with van der Waals surface area (Å²) in [4.78, 5) is 11.5. The Labute approximate surface area is 101 Å². The summed E-state index contributed by atoms with van der Waals surface area (Å²) in [5, 5.41) is 2.67. The molecule has 1 rings (SSSR count). The molecule has 0 heterocycles. The lowest BCUT2D eigenvalue weighted by atomic mass is 10.3. The molecule has 0 atom stereocenters. The number of anilines is 2. The highest BCUT2D eigenvalue weighted by atomic mass is 16.5. The van der Waals surface area contributed by atoms with Crippen LogP contribution in [0.1, 0.15) is 6.92 Å². The van der Waals surface area contributed by atoms with Crippen LogP contribution in [-0.4, -0.2) is 32.3 Å². The summed E-state index contributed by atoms with van der Waals surface area (Å²) in [6.45, 7) is 3.46. The van der Waals surface area contributed by atoms with Gasteiger partial charge in [-0.25, -0.2) is 0 Å². The molecule has 0 fully saturated rings. The lowest BCUT2D eigenvalue weighted by molar-refractivity contribution is -0.121. The van der Waals surface area contributed by atoms with Crippen LogP contribution in [0.4, 0.5) is 11.4 Å². The van der Waals surface area contributed by atoms with Crippen molar-refractivity contribution in [2.45, 2.75) is 6.92 Å². The number of hydrogen-bond acceptors (Lipinski definition) is 4. The van der Waals surface area contributed by atoms with E-state index in [-0.39, 0.29) is 12.5 Å². The van der Waals surface area contributed by atoms with E-state index in [1.165, 1.54) is 0 Å². The van der Waals surface area contributed by atoms with Crippen molar-refractivity contribution in [1.29, 1.82) is 0 Å². The molecule has 1 amide bonds. The molecule has 0 bridgehead atoms. The zero-order chi connectivity index (χ0) is 12.5. The molecule has 1 aromatic carbocycles. The Hall–Kier alpha value is -1.59. The molecule has 0 saturated heterocycles. The van der Waals surface area contributed by atoms with Gasteiger partial charge in [0.15, 0.2) is 0 Å². The topological polar surface area (TPSA) is 73.6 Å². The SMILES string of the molecule is CCOCCOCC(=O)Nc1ccccc1N. The lowest BCUT2D eigenvalue weighted by Gasteiger charge is -2.08. The molecule has 0 aliphatic carbocycles. The Morgan fingerprint density at radius 2 is 2.00 bits per heavy atom. The normalized spacial score (nSPS) is 10.2. The maximum absolute atomic E-state index is 11.5. The molecule has 0 aliphatic rings.